The van der Waals surface area contributed by atoms with Gasteiger partial charge in [0.1, 0.15) is 12.4 Å². The molecule has 4 heteroatoms. The summed E-state index contributed by atoms with van der Waals surface area (Å²) in [5.41, 5.74) is 0.663. The molecule has 1 amide bonds. The Morgan fingerprint density at radius 2 is 2.25 bits per heavy atom. The molecular weight excluding hydrogens is 254 g/mol. The van der Waals surface area contributed by atoms with Gasteiger partial charge in [0, 0.05) is 25.8 Å². The lowest BCUT2D eigenvalue weighted by molar-refractivity contribution is 0.0587. The van der Waals surface area contributed by atoms with Crippen LogP contribution in [0.15, 0.2) is 36.9 Å². The van der Waals surface area contributed by atoms with Crippen LogP contribution in [0.2, 0.25) is 0 Å². The highest BCUT2D eigenvalue weighted by atomic mass is 16.5. The van der Waals surface area contributed by atoms with Crippen LogP contribution in [0.5, 0.6) is 5.75 Å². The van der Waals surface area contributed by atoms with Crippen LogP contribution in [0.1, 0.15) is 23.2 Å². The maximum atomic E-state index is 12.3. The van der Waals surface area contributed by atoms with E-state index in [1.807, 2.05) is 7.05 Å². The van der Waals surface area contributed by atoms with Crippen LogP contribution in [-0.2, 0) is 4.74 Å². The second-order valence-corrected chi connectivity index (χ2v) is 4.94. The average molecular weight is 275 g/mol. The van der Waals surface area contributed by atoms with Gasteiger partial charge in [-0.05, 0) is 37.1 Å². The van der Waals surface area contributed by atoms with Crippen LogP contribution in [0.4, 0.5) is 0 Å². The van der Waals surface area contributed by atoms with Crippen molar-refractivity contribution in [3.05, 3.63) is 42.5 Å². The predicted octanol–water partition coefficient (Wildman–Crippen LogP) is 2.50. The Morgan fingerprint density at radius 3 is 2.85 bits per heavy atom. The molecule has 4 nitrogen and oxygen atoms in total. The van der Waals surface area contributed by atoms with Gasteiger partial charge in [-0.25, -0.2) is 0 Å². The molecule has 108 valence electrons. The van der Waals surface area contributed by atoms with E-state index in [4.69, 9.17) is 9.47 Å². The minimum atomic E-state index is 0.00997. The number of ether oxygens (including phenoxy) is 2. The molecule has 2 rings (SSSR count). The number of hydrogen-bond donors (Lipinski definition) is 0. The van der Waals surface area contributed by atoms with Gasteiger partial charge in [-0.15, -0.1) is 0 Å². The van der Waals surface area contributed by atoms with Crippen molar-refractivity contribution >= 4 is 5.91 Å². The molecule has 1 saturated heterocycles. The topological polar surface area (TPSA) is 38.8 Å². The molecule has 0 unspecified atom stereocenters. The molecule has 0 N–H and O–H groups in total. The second-order valence-electron chi connectivity index (χ2n) is 4.94. The van der Waals surface area contributed by atoms with Crippen molar-refractivity contribution in [2.45, 2.75) is 18.9 Å². The third-order valence-electron chi connectivity index (χ3n) is 3.32. The molecule has 1 fully saturated rings. The zero-order valence-electron chi connectivity index (χ0n) is 11.9. The molecule has 0 bridgehead atoms. The van der Waals surface area contributed by atoms with Gasteiger partial charge in [-0.2, -0.15) is 0 Å². The van der Waals surface area contributed by atoms with E-state index in [0.717, 1.165) is 25.2 Å². The van der Waals surface area contributed by atoms with Gasteiger partial charge in [-0.1, -0.05) is 12.7 Å². The van der Waals surface area contributed by atoms with Crippen molar-refractivity contribution in [3.63, 3.8) is 0 Å². The fourth-order valence-electron chi connectivity index (χ4n) is 2.25. The summed E-state index contributed by atoms with van der Waals surface area (Å²) in [5, 5.41) is 0. The van der Waals surface area contributed by atoms with Crippen molar-refractivity contribution in [1.29, 1.82) is 0 Å². The summed E-state index contributed by atoms with van der Waals surface area (Å²) in [4.78, 5) is 14.0. The summed E-state index contributed by atoms with van der Waals surface area (Å²) in [6.07, 6.45) is 3.99. The maximum absolute atomic E-state index is 12.3. The number of rotatable bonds is 6. The summed E-state index contributed by atoms with van der Waals surface area (Å²) >= 11 is 0. The Morgan fingerprint density at radius 1 is 1.50 bits per heavy atom. The standard InChI is InChI=1S/C16H21NO3/c1-3-10-19-14-8-6-13(7-9-14)16(18)17(2)12-15-5-4-11-20-15/h3,6-9,15H,1,4-5,10-12H2,2H3/t15-/m1/s1. The third kappa shape index (κ3) is 3.84. The Balaban J connectivity index is 1.91. The van der Waals surface area contributed by atoms with E-state index in [2.05, 4.69) is 6.58 Å². The first-order valence-corrected chi connectivity index (χ1v) is 6.91. The molecule has 20 heavy (non-hydrogen) atoms. The number of nitrogens with zero attached hydrogens (tertiary/aromatic N) is 1. The van der Waals surface area contributed by atoms with Crippen LogP contribution in [0.3, 0.4) is 0 Å². The highest BCUT2D eigenvalue weighted by molar-refractivity contribution is 5.94. The normalized spacial score (nSPS) is 17.8. The molecule has 1 aromatic rings. The smallest absolute Gasteiger partial charge is 0.253 e. The van der Waals surface area contributed by atoms with E-state index in [1.54, 1.807) is 35.2 Å². The Hall–Kier alpha value is -1.81. The minimum absolute atomic E-state index is 0.00997. The lowest BCUT2D eigenvalue weighted by Gasteiger charge is -2.21. The minimum Gasteiger partial charge on any atom is -0.490 e. The van der Waals surface area contributed by atoms with Crippen molar-refractivity contribution in [2.75, 3.05) is 26.8 Å². The molecule has 1 aromatic carbocycles. The fraction of sp³-hybridized carbons (Fsp3) is 0.438. The summed E-state index contributed by atoms with van der Waals surface area (Å²) < 4.78 is 10.9. The molecule has 1 aliphatic heterocycles. The van der Waals surface area contributed by atoms with Crippen LogP contribution in [0, 0.1) is 0 Å². The van der Waals surface area contributed by atoms with Gasteiger partial charge in [0.25, 0.3) is 5.91 Å². The average Bonchev–Trinajstić information content (AvgIpc) is 2.97. The van der Waals surface area contributed by atoms with Gasteiger partial charge in [0.15, 0.2) is 0 Å². The summed E-state index contributed by atoms with van der Waals surface area (Å²) in [5.74, 6) is 0.749. The van der Waals surface area contributed by atoms with E-state index in [-0.39, 0.29) is 12.0 Å². The van der Waals surface area contributed by atoms with Gasteiger partial charge >= 0.3 is 0 Å². The van der Waals surface area contributed by atoms with E-state index >= 15 is 0 Å². The summed E-state index contributed by atoms with van der Waals surface area (Å²) in [6.45, 7) is 5.51. The highest BCUT2D eigenvalue weighted by Crippen LogP contribution is 2.16. The predicted molar refractivity (Wildman–Crippen MR) is 78.1 cm³/mol. The molecule has 0 spiro atoms. The number of benzene rings is 1. The largest absolute Gasteiger partial charge is 0.490 e. The van der Waals surface area contributed by atoms with Crippen molar-refractivity contribution in [1.82, 2.24) is 4.90 Å². The third-order valence-corrected chi connectivity index (χ3v) is 3.32. The number of carbonyl (C=O) groups is 1. The van der Waals surface area contributed by atoms with Crippen molar-refractivity contribution in [3.8, 4) is 5.75 Å². The highest BCUT2D eigenvalue weighted by Gasteiger charge is 2.20. The zero-order valence-corrected chi connectivity index (χ0v) is 11.9. The van der Waals surface area contributed by atoms with Gasteiger partial charge < -0.3 is 14.4 Å². The summed E-state index contributed by atoms with van der Waals surface area (Å²) in [7, 11) is 1.81. The van der Waals surface area contributed by atoms with E-state index in [1.165, 1.54) is 0 Å². The molecule has 0 radical (unpaired) electrons. The number of likely N-dealkylation sites (N-methyl/N-ethyl adjacent to an activating group) is 1. The number of hydrogen-bond acceptors (Lipinski definition) is 3. The van der Waals surface area contributed by atoms with E-state index < -0.39 is 0 Å². The van der Waals surface area contributed by atoms with Crippen LogP contribution < -0.4 is 4.74 Å². The Bertz CT molecular complexity index is 449. The van der Waals surface area contributed by atoms with Gasteiger partial charge in [-0.3, -0.25) is 4.79 Å². The molecule has 1 aliphatic rings. The van der Waals surface area contributed by atoms with Gasteiger partial charge in [0.2, 0.25) is 0 Å². The Kier molecular flexibility index (Phi) is 5.18. The molecule has 0 saturated carbocycles. The van der Waals surface area contributed by atoms with E-state index in [0.29, 0.717) is 18.7 Å². The first-order chi connectivity index (χ1) is 9.70. The van der Waals surface area contributed by atoms with Crippen molar-refractivity contribution in [2.24, 2.45) is 0 Å². The van der Waals surface area contributed by atoms with Crippen LogP contribution >= 0.6 is 0 Å². The van der Waals surface area contributed by atoms with Gasteiger partial charge in [0.05, 0.1) is 6.10 Å². The number of carbonyl (C=O) groups excluding carboxylic acids is 1. The lowest BCUT2D eigenvalue weighted by Crippen LogP contribution is -2.34. The SMILES string of the molecule is C=CCOc1ccc(C(=O)N(C)C[C@H]2CCCO2)cc1. The first kappa shape index (κ1) is 14.6. The van der Waals surface area contributed by atoms with E-state index in [9.17, 15) is 4.79 Å². The fourth-order valence-corrected chi connectivity index (χ4v) is 2.25. The van der Waals surface area contributed by atoms with Crippen LogP contribution in [0.25, 0.3) is 0 Å². The van der Waals surface area contributed by atoms with Crippen LogP contribution in [-0.4, -0.2) is 43.7 Å². The molecule has 1 atom stereocenters. The first-order valence-electron chi connectivity index (χ1n) is 6.91. The quantitative estimate of drug-likeness (QED) is 0.749. The monoisotopic (exact) mass is 275 g/mol. The Labute approximate surface area is 120 Å². The molecular formula is C16H21NO3. The lowest BCUT2D eigenvalue weighted by atomic mass is 10.1. The molecule has 0 aliphatic carbocycles. The second kappa shape index (κ2) is 7.10. The number of amides is 1. The maximum Gasteiger partial charge on any atom is 0.253 e. The zero-order chi connectivity index (χ0) is 14.4. The van der Waals surface area contributed by atoms with Crippen molar-refractivity contribution < 1.29 is 14.3 Å². The molecule has 1 heterocycles. The molecule has 0 aromatic heterocycles. The summed E-state index contributed by atoms with van der Waals surface area (Å²) in [6, 6.07) is 7.17.